The number of fused-ring (bicyclic) bond motifs is 1. The van der Waals surface area contributed by atoms with Crippen LogP contribution in [0.4, 0.5) is 5.69 Å². The van der Waals surface area contributed by atoms with Crippen molar-refractivity contribution in [3.8, 4) is 0 Å². The molecule has 1 amide bonds. The van der Waals surface area contributed by atoms with Crippen LogP contribution >= 0.6 is 0 Å². The topological polar surface area (TPSA) is 66.5 Å². The first kappa shape index (κ1) is 23.3. The monoisotopic (exact) mass is 442 g/mol. The standard InChI is InChI=1S/C25H34N2O3S/c1-6-24(22-12-11-20-9-7-8-10-21(20)16-22)26-25(28)19(4)27(31(5,29)30)23-14-17(2)13-18(3)15-23/h11-16,19,24H,6-10H2,1-5H3,(H,26,28)/t19-,24-/m1/s1. The number of nitrogens with zero attached hydrogens (tertiary/aromatic N) is 1. The zero-order chi connectivity index (χ0) is 22.8. The predicted octanol–water partition coefficient (Wildman–Crippen LogP) is 4.60. The molecule has 0 radical (unpaired) electrons. The van der Waals surface area contributed by atoms with Gasteiger partial charge in [-0.2, -0.15) is 0 Å². The minimum absolute atomic E-state index is 0.150. The summed E-state index contributed by atoms with van der Waals surface area (Å²) in [5, 5.41) is 3.10. The van der Waals surface area contributed by atoms with E-state index in [0.717, 1.165) is 42.2 Å². The van der Waals surface area contributed by atoms with Crippen molar-refractivity contribution >= 4 is 21.6 Å². The summed E-state index contributed by atoms with van der Waals surface area (Å²) in [4.78, 5) is 13.2. The average molecular weight is 443 g/mol. The summed E-state index contributed by atoms with van der Waals surface area (Å²) in [6.45, 7) is 7.52. The second-order valence-corrected chi connectivity index (χ2v) is 10.6. The molecule has 168 valence electrons. The van der Waals surface area contributed by atoms with Gasteiger partial charge >= 0.3 is 0 Å². The van der Waals surface area contributed by atoms with Gasteiger partial charge in [-0.3, -0.25) is 9.10 Å². The van der Waals surface area contributed by atoms with Crippen molar-refractivity contribution in [2.75, 3.05) is 10.6 Å². The number of carbonyl (C=O) groups is 1. The number of benzene rings is 2. The van der Waals surface area contributed by atoms with Crippen molar-refractivity contribution in [2.45, 2.75) is 71.9 Å². The van der Waals surface area contributed by atoms with Crippen LogP contribution in [0.15, 0.2) is 36.4 Å². The highest BCUT2D eigenvalue weighted by Crippen LogP contribution is 2.27. The molecular formula is C25H34N2O3S. The largest absolute Gasteiger partial charge is 0.347 e. The molecule has 0 fully saturated rings. The Hall–Kier alpha value is -2.34. The molecular weight excluding hydrogens is 408 g/mol. The van der Waals surface area contributed by atoms with Crippen LogP contribution < -0.4 is 9.62 Å². The molecule has 0 unspecified atom stereocenters. The molecule has 5 nitrogen and oxygen atoms in total. The van der Waals surface area contributed by atoms with Gasteiger partial charge in [-0.1, -0.05) is 31.2 Å². The molecule has 31 heavy (non-hydrogen) atoms. The van der Waals surface area contributed by atoms with Crippen LogP contribution in [0.3, 0.4) is 0 Å². The molecule has 0 saturated heterocycles. The van der Waals surface area contributed by atoms with E-state index in [2.05, 4.69) is 23.5 Å². The zero-order valence-electron chi connectivity index (χ0n) is 19.2. The molecule has 2 aromatic carbocycles. The molecule has 3 rings (SSSR count). The van der Waals surface area contributed by atoms with Gasteiger partial charge < -0.3 is 5.32 Å². The molecule has 1 aliphatic rings. The van der Waals surface area contributed by atoms with Crippen LogP contribution in [0.1, 0.15) is 67.0 Å². The third-order valence-corrected chi connectivity index (χ3v) is 7.29. The lowest BCUT2D eigenvalue weighted by Crippen LogP contribution is -2.48. The van der Waals surface area contributed by atoms with Gasteiger partial charge in [-0.05, 0) is 92.8 Å². The van der Waals surface area contributed by atoms with E-state index in [-0.39, 0.29) is 11.9 Å². The molecule has 0 aliphatic heterocycles. The fourth-order valence-electron chi connectivity index (χ4n) is 4.57. The zero-order valence-corrected chi connectivity index (χ0v) is 20.1. The molecule has 0 aromatic heterocycles. The van der Waals surface area contributed by atoms with Crippen LogP contribution in [-0.4, -0.2) is 26.6 Å². The maximum absolute atomic E-state index is 13.2. The molecule has 2 atom stereocenters. The summed E-state index contributed by atoms with van der Waals surface area (Å²) in [6, 6.07) is 11.1. The first-order valence-electron chi connectivity index (χ1n) is 11.1. The van der Waals surface area contributed by atoms with Crippen LogP contribution in [0.25, 0.3) is 0 Å². The van der Waals surface area contributed by atoms with Crippen LogP contribution in [0.2, 0.25) is 0 Å². The van der Waals surface area contributed by atoms with Crippen LogP contribution in [0.5, 0.6) is 0 Å². The number of carbonyl (C=O) groups excluding carboxylic acids is 1. The van der Waals surface area contributed by atoms with Crippen molar-refractivity contribution in [1.82, 2.24) is 5.32 Å². The second kappa shape index (κ2) is 9.43. The maximum Gasteiger partial charge on any atom is 0.244 e. The SMILES string of the molecule is CC[C@@H](NC(=O)[C@@H](C)N(c1cc(C)cc(C)c1)S(C)(=O)=O)c1ccc2c(c1)CCCC2. The van der Waals surface area contributed by atoms with Gasteiger partial charge in [-0.25, -0.2) is 8.42 Å². The van der Waals surface area contributed by atoms with E-state index in [9.17, 15) is 13.2 Å². The van der Waals surface area contributed by atoms with E-state index in [0.29, 0.717) is 5.69 Å². The molecule has 0 spiro atoms. The molecule has 0 bridgehead atoms. The van der Waals surface area contributed by atoms with E-state index < -0.39 is 16.1 Å². The first-order valence-corrected chi connectivity index (χ1v) is 12.9. The minimum Gasteiger partial charge on any atom is -0.347 e. The second-order valence-electron chi connectivity index (χ2n) is 8.79. The molecule has 2 aromatic rings. The molecule has 6 heteroatoms. The Balaban J connectivity index is 1.85. The molecule has 1 N–H and O–H groups in total. The van der Waals surface area contributed by atoms with Gasteiger partial charge in [0.15, 0.2) is 0 Å². The third-order valence-electron chi connectivity index (χ3n) is 6.05. The summed E-state index contributed by atoms with van der Waals surface area (Å²) in [6.07, 6.45) is 6.52. The average Bonchev–Trinajstić information content (AvgIpc) is 2.69. The Bertz CT molecular complexity index is 1040. The van der Waals surface area contributed by atoms with Crippen molar-refractivity contribution < 1.29 is 13.2 Å². The Morgan fingerprint density at radius 3 is 2.23 bits per heavy atom. The van der Waals surface area contributed by atoms with E-state index in [4.69, 9.17) is 0 Å². The lowest BCUT2D eigenvalue weighted by atomic mass is 9.88. The number of rotatable bonds is 7. The lowest BCUT2D eigenvalue weighted by Gasteiger charge is -2.30. The fourth-order valence-corrected chi connectivity index (χ4v) is 5.73. The number of nitrogens with one attached hydrogen (secondary N) is 1. The molecule has 0 heterocycles. The van der Waals surface area contributed by atoms with Crippen molar-refractivity contribution in [3.63, 3.8) is 0 Å². The Morgan fingerprint density at radius 2 is 1.65 bits per heavy atom. The number of hydrogen-bond acceptors (Lipinski definition) is 3. The Kier molecular flexibility index (Phi) is 7.10. The number of anilines is 1. The highest BCUT2D eigenvalue weighted by atomic mass is 32.2. The number of sulfonamides is 1. The van der Waals surface area contributed by atoms with E-state index >= 15 is 0 Å². The lowest BCUT2D eigenvalue weighted by molar-refractivity contribution is -0.122. The molecule has 0 saturated carbocycles. The number of amides is 1. The van der Waals surface area contributed by atoms with Gasteiger partial charge in [0.05, 0.1) is 18.0 Å². The highest BCUT2D eigenvalue weighted by Gasteiger charge is 2.30. The number of hydrogen-bond donors (Lipinski definition) is 1. The Morgan fingerprint density at radius 1 is 1.03 bits per heavy atom. The van der Waals surface area contributed by atoms with E-state index in [1.165, 1.54) is 28.3 Å². The maximum atomic E-state index is 13.2. The van der Waals surface area contributed by atoms with Gasteiger partial charge in [0.2, 0.25) is 15.9 Å². The summed E-state index contributed by atoms with van der Waals surface area (Å²) in [5.41, 5.74) is 6.29. The summed E-state index contributed by atoms with van der Waals surface area (Å²) in [7, 11) is -3.64. The van der Waals surface area contributed by atoms with Gasteiger partial charge in [0.25, 0.3) is 0 Å². The van der Waals surface area contributed by atoms with E-state index in [1.807, 2.05) is 26.8 Å². The van der Waals surface area contributed by atoms with Crippen molar-refractivity contribution in [3.05, 3.63) is 64.2 Å². The summed E-state index contributed by atoms with van der Waals surface area (Å²) >= 11 is 0. The quantitative estimate of drug-likeness (QED) is 0.681. The minimum atomic E-state index is -3.64. The van der Waals surface area contributed by atoms with Gasteiger partial charge in [0, 0.05) is 0 Å². The van der Waals surface area contributed by atoms with Crippen LogP contribution in [-0.2, 0) is 27.7 Å². The van der Waals surface area contributed by atoms with E-state index in [1.54, 1.807) is 19.1 Å². The summed E-state index contributed by atoms with van der Waals surface area (Å²) < 4.78 is 26.5. The third kappa shape index (κ3) is 5.48. The van der Waals surface area contributed by atoms with Gasteiger partial charge in [-0.15, -0.1) is 0 Å². The Labute approximate surface area is 186 Å². The molecule has 1 aliphatic carbocycles. The van der Waals surface area contributed by atoms with Crippen molar-refractivity contribution in [2.24, 2.45) is 0 Å². The van der Waals surface area contributed by atoms with Crippen LogP contribution in [0, 0.1) is 13.8 Å². The van der Waals surface area contributed by atoms with Crippen molar-refractivity contribution in [1.29, 1.82) is 0 Å². The fraction of sp³-hybridized carbons (Fsp3) is 0.480. The first-order chi connectivity index (χ1) is 14.6. The summed E-state index contributed by atoms with van der Waals surface area (Å²) in [5.74, 6) is -0.297. The predicted molar refractivity (Wildman–Crippen MR) is 127 cm³/mol. The smallest absolute Gasteiger partial charge is 0.244 e. The highest BCUT2D eigenvalue weighted by molar-refractivity contribution is 7.92. The van der Waals surface area contributed by atoms with Gasteiger partial charge in [0.1, 0.15) is 6.04 Å². The normalized spacial score (nSPS) is 15.6. The number of aryl methyl sites for hydroxylation is 4.